The third-order valence-corrected chi connectivity index (χ3v) is 3.26. The van der Waals surface area contributed by atoms with Crippen LogP contribution in [0.1, 0.15) is 39.5 Å². The number of rotatable bonds is 2. The number of carboxylic acid groups (broad SMARTS) is 1. The number of carbonyl (C=O) groups is 2. The Hall–Kier alpha value is -1.06. The van der Waals surface area contributed by atoms with E-state index in [9.17, 15) is 9.59 Å². The molecule has 0 aromatic carbocycles. The first-order valence-electron chi connectivity index (χ1n) is 5.08. The monoisotopic (exact) mass is 199 g/mol. The largest absolute Gasteiger partial charge is 0.465 e. The van der Waals surface area contributed by atoms with E-state index < -0.39 is 11.6 Å². The summed E-state index contributed by atoms with van der Waals surface area (Å²) in [6, 6.07) is 0. The van der Waals surface area contributed by atoms with Crippen molar-refractivity contribution in [1.29, 1.82) is 0 Å². The minimum atomic E-state index is -0.902. The Labute approximate surface area is 83.9 Å². The van der Waals surface area contributed by atoms with Gasteiger partial charge in [-0.1, -0.05) is 13.8 Å². The van der Waals surface area contributed by atoms with E-state index in [2.05, 4.69) is 0 Å². The lowest BCUT2D eigenvalue weighted by molar-refractivity contribution is -0.125. The molecule has 1 rings (SSSR count). The van der Waals surface area contributed by atoms with Crippen LogP contribution >= 0.6 is 0 Å². The molecule has 1 N–H and O–H groups in total. The lowest BCUT2D eigenvalue weighted by Gasteiger charge is -2.44. The maximum Gasteiger partial charge on any atom is 0.407 e. The fourth-order valence-corrected chi connectivity index (χ4v) is 2.20. The Morgan fingerprint density at radius 3 is 2.50 bits per heavy atom. The van der Waals surface area contributed by atoms with Crippen molar-refractivity contribution in [2.45, 2.75) is 45.1 Å². The van der Waals surface area contributed by atoms with E-state index in [1.165, 1.54) is 4.90 Å². The Morgan fingerprint density at radius 2 is 2.07 bits per heavy atom. The Morgan fingerprint density at radius 1 is 1.50 bits per heavy atom. The fraction of sp³-hybridized carbons (Fsp3) is 0.800. The molecule has 4 heteroatoms. The van der Waals surface area contributed by atoms with Gasteiger partial charge in [0.15, 0.2) is 0 Å². The average Bonchev–Trinajstić information content (AvgIpc) is 2.16. The molecule has 14 heavy (non-hydrogen) atoms. The highest BCUT2D eigenvalue weighted by molar-refractivity contribution is 5.83. The summed E-state index contributed by atoms with van der Waals surface area (Å²) in [7, 11) is 0. The van der Waals surface area contributed by atoms with Gasteiger partial charge in [0.1, 0.15) is 5.78 Å². The van der Waals surface area contributed by atoms with Gasteiger partial charge < -0.3 is 10.0 Å². The summed E-state index contributed by atoms with van der Waals surface area (Å²) in [4.78, 5) is 23.8. The van der Waals surface area contributed by atoms with Crippen molar-refractivity contribution >= 4 is 11.9 Å². The first kappa shape index (κ1) is 11.0. The van der Waals surface area contributed by atoms with Gasteiger partial charge in [-0.05, 0) is 12.8 Å². The van der Waals surface area contributed by atoms with Crippen LogP contribution in [0.4, 0.5) is 4.79 Å². The zero-order chi connectivity index (χ0) is 10.8. The average molecular weight is 199 g/mol. The van der Waals surface area contributed by atoms with Crippen molar-refractivity contribution in [3.8, 4) is 0 Å². The molecule has 4 nitrogen and oxygen atoms in total. The highest BCUT2D eigenvalue weighted by Crippen LogP contribution is 2.32. The van der Waals surface area contributed by atoms with Crippen molar-refractivity contribution in [3.05, 3.63) is 0 Å². The van der Waals surface area contributed by atoms with Gasteiger partial charge in [-0.15, -0.1) is 0 Å². The predicted molar refractivity (Wildman–Crippen MR) is 52.3 cm³/mol. The number of hydrogen-bond donors (Lipinski definition) is 1. The molecule has 1 heterocycles. The molecule has 0 bridgehead atoms. The van der Waals surface area contributed by atoms with Crippen LogP contribution < -0.4 is 0 Å². The van der Waals surface area contributed by atoms with Crippen molar-refractivity contribution in [2.75, 3.05) is 6.54 Å². The van der Waals surface area contributed by atoms with E-state index >= 15 is 0 Å². The molecule has 0 saturated carbocycles. The van der Waals surface area contributed by atoms with Crippen molar-refractivity contribution in [1.82, 2.24) is 4.90 Å². The molecule has 0 unspecified atom stereocenters. The predicted octanol–water partition coefficient (Wildman–Crippen LogP) is 1.89. The number of hydrogen-bond acceptors (Lipinski definition) is 2. The molecule has 0 aromatic heterocycles. The number of ketones is 1. The molecule has 0 aliphatic carbocycles. The summed E-state index contributed by atoms with van der Waals surface area (Å²) in [5.41, 5.74) is -0.443. The molecule has 0 aromatic rings. The van der Waals surface area contributed by atoms with Crippen molar-refractivity contribution in [2.24, 2.45) is 0 Å². The van der Waals surface area contributed by atoms with Crippen LogP contribution in [0.25, 0.3) is 0 Å². The number of Topliss-reactive ketones (excluding diaryl/α,β-unsaturated/α-hetero) is 1. The van der Waals surface area contributed by atoms with Gasteiger partial charge in [0, 0.05) is 19.4 Å². The summed E-state index contributed by atoms with van der Waals surface area (Å²) < 4.78 is 0. The molecule has 0 spiro atoms. The van der Waals surface area contributed by atoms with Gasteiger partial charge in [-0.25, -0.2) is 4.79 Å². The topological polar surface area (TPSA) is 57.6 Å². The second-order valence-electron chi connectivity index (χ2n) is 3.83. The standard InChI is InChI=1S/C10H17NO3/c1-3-10(4-2)7-8(12)5-6-11(10)9(13)14/h3-7H2,1-2H3,(H,13,14). The summed E-state index contributed by atoms with van der Waals surface area (Å²) in [5, 5.41) is 9.04. The van der Waals surface area contributed by atoms with Gasteiger partial charge in [0.05, 0.1) is 5.54 Å². The molecule has 1 aliphatic heterocycles. The first-order chi connectivity index (χ1) is 6.55. The van der Waals surface area contributed by atoms with Crippen LogP contribution in [0.2, 0.25) is 0 Å². The number of amides is 1. The number of nitrogens with zero attached hydrogens (tertiary/aromatic N) is 1. The summed E-state index contributed by atoms with van der Waals surface area (Å²) >= 11 is 0. The summed E-state index contributed by atoms with van der Waals surface area (Å²) in [6.45, 7) is 4.24. The van der Waals surface area contributed by atoms with Crippen LogP contribution in [-0.4, -0.2) is 34.0 Å². The molecule has 1 amide bonds. The molecule has 1 saturated heterocycles. The number of piperidine rings is 1. The third-order valence-electron chi connectivity index (χ3n) is 3.26. The van der Waals surface area contributed by atoms with Crippen LogP contribution in [0.15, 0.2) is 0 Å². The molecule has 1 aliphatic rings. The van der Waals surface area contributed by atoms with Gasteiger partial charge >= 0.3 is 6.09 Å². The Balaban J connectivity index is 2.92. The second-order valence-corrected chi connectivity index (χ2v) is 3.83. The SMILES string of the molecule is CCC1(CC)CC(=O)CCN1C(=O)O. The van der Waals surface area contributed by atoms with Crippen LogP contribution in [0, 0.1) is 0 Å². The maximum atomic E-state index is 11.3. The van der Waals surface area contributed by atoms with E-state index in [4.69, 9.17) is 5.11 Å². The van der Waals surface area contributed by atoms with E-state index in [1.54, 1.807) is 0 Å². The van der Waals surface area contributed by atoms with E-state index in [-0.39, 0.29) is 5.78 Å². The summed E-state index contributed by atoms with van der Waals surface area (Å²) in [5.74, 6) is 0.186. The Bertz CT molecular complexity index is 246. The van der Waals surface area contributed by atoms with Gasteiger partial charge in [-0.2, -0.15) is 0 Å². The van der Waals surface area contributed by atoms with Crippen LogP contribution in [0.5, 0.6) is 0 Å². The van der Waals surface area contributed by atoms with Crippen molar-refractivity contribution < 1.29 is 14.7 Å². The molecule has 80 valence electrons. The highest BCUT2D eigenvalue weighted by Gasteiger charge is 2.41. The summed E-state index contributed by atoms with van der Waals surface area (Å²) in [6.07, 6.45) is 1.27. The zero-order valence-electron chi connectivity index (χ0n) is 8.75. The number of likely N-dealkylation sites (tertiary alicyclic amines) is 1. The normalized spacial score (nSPS) is 21.0. The Kier molecular flexibility index (Phi) is 3.13. The smallest absolute Gasteiger partial charge is 0.407 e. The van der Waals surface area contributed by atoms with Gasteiger partial charge in [-0.3, -0.25) is 4.79 Å². The van der Waals surface area contributed by atoms with Crippen LogP contribution in [-0.2, 0) is 4.79 Å². The lowest BCUT2D eigenvalue weighted by Crippen LogP contribution is -2.55. The van der Waals surface area contributed by atoms with E-state index in [0.29, 0.717) is 32.2 Å². The van der Waals surface area contributed by atoms with E-state index in [0.717, 1.165) is 0 Å². The molecule has 0 atom stereocenters. The third kappa shape index (κ3) is 1.74. The number of carbonyl (C=O) groups excluding carboxylic acids is 1. The van der Waals surface area contributed by atoms with Gasteiger partial charge in [0.2, 0.25) is 0 Å². The lowest BCUT2D eigenvalue weighted by atomic mass is 9.81. The highest BCUT2D eigenvalue weighted by atomic mass is 16.4. The zero-order valence-corrected chi connectivity index (χ0v) is 8.75. The second kappa shape index (κ2) is 3.98. The molecular formula is C10H17NO3. The molecular weight excluding hydrogens is 182 g/mol. The minimum Gasteiger partial charge on any atom is -0.465 e. The quantitative estimate of drug-likeness (QED) is 0.738. The molecule has 0 radical (unpaired) electrons. The fourth-order valence-electron chi connectivity index (χ4n) is 2.20. The van der Waals surface area contributed by atoms with Gasteiger partial charge in [0.25, 0.3) is 0 Å². The molecule has 1 fully saturated rings. The maximum absolute atomic E-state index is 11.3. The van der Waals surface area contributed by atoms with Crippen molar-refractivity contribution in [3.63, 3.8) is 0 Å². The first-order valence-corrected chi connectivity index (χ1v) is 5.08. The minimum absolute atomic E-state index is 0.186. The van der Waals surface area contributed by atoms with Crippen LogP contribution in [0.3, 0.4) is 0 Å². The van der Waals surface area contributed by atoms with E-state index in [1.807, 2.05) is 13.8 Å².